The average molecular weight is 208 g/mol. The summed E-state index contributed by atoms with van der Waals surface area (Å²) in [5.74, 6) is 1.11. The zero-order valence-electron chi connectivity index (χ0n) is 9.88. The Morgan fingerprint density at radius 2 is 2.07 bits per heavy atom. The lowest BCUT2D eigenvalue weighted by molar-refractivity contribution is -0.149. The van der Waals surface area contributed by atoms with Gasteiger partial charge in [0, 0.05) is 11.5 Å². The van der Waals surface area contributed by atoms with E-state index in [1.54, 1.807) is 6.92 Å². The molecule has 2 aliphatic carbocycles. The fourth-order valence-electron chi connectivity index (χ4n) is 3.35. The van der Waals surface area contributed by atoms with Gasteiger partial charge in [-0.2, -0.15) is 0 Å². The lowest BCUT2D eigenvalue weighted by atomic mass is 9.75. The molecule has 0 aromatic heterocycles. The number of ether oxygens (including phenoxy) is 1. The van der Waals surface area contributed by atoms with Crippen LogP contribution in [0.25, 0.3) is 0 Å². The zero-order valence-corrected chi connectivity index (χ0v) is 9.88. The van der Waals surface area contributed by atoms with Gasteiger partial charge >= 0.3 is 5.97 Å². The van der Waals surface area contributed by atoms with Gasteiger partial charge in [-0.1, -0.05) is 20.4 Å². The van der Waals surface area contributed by atoms with Crippen LogP contribution in [0.1, 0.15) is 40.0 Å². The molecule has 0 spiro atoms. The molecule has 2 saturated carbocycles. The fourth-order valence-corrected chi connectivity index (χ4v) is 3.35. The lowest BCUT2D eigenvalue weighted by Gasteiger charge is -2.35. The molecule has 0 saturated heterocycles. The molecule has 0 aromatic carbocycles. The maximum atomic E-state index is 11.5. The van der Waals surface area contributed by atoms with Crippen LogP contribution >= 0.6 is 0 Å². The number of carbonyl (C=O) groups excluding carboxylic acids is 1. The van der Waals surface area contributed by atoms with Crippen LogP contribution < -0.4 is 0 Å². The molecule has 2 rings (SSSR count). The van der Waals surface area contributed by atoms with E-state index < -0.39 is 0 Å². The summed E-state index contributed by atoms with van der Waals surface area (Å²) in [6.07, 6.45) is 3.73. The molecule has 2 fully saturated rings. The normalized spacial score (nSPS) is 36.6. The van der Waals surface area contributed by atoms with E-state index in [0.29, 0.717) is 16.9 Å². The van der Waals surface area contributed by atoms with E-state index in [0.717, 1.165) is 12.3 Å². The van der Waals surface area contributed by atoms with Gasteiger partial charge < -0.3 is 4.74 Å². The van der Waals surface area contributed by atoms with E-state index in [-0.39, 0.29) is 12.1 Å². The van der Waals surface area contributed by atoms with Gasteiger partial charge in [0.2, 0.25) is 0 Å². The van der Waals surface area contributed by atoms with E-state index in [9.17, 15) is 4.79 Å². The first-order valence-electron chi connectivity index (χ1n) is 5.76. The van der Waals surface area contributed by atoms with E-state index in [2.05, 4.69) is 20.4 Å². The van der Waals surface area contributed by atoms with E-state index in [1.165, 1.54) is 12.8 Å². The third-order valence-electron chi connectivity index (χ3n) is 4.03. The van der Waals surface area contributed by atoms with Gasteiger partial charge in [-0.15, -0.1) is 0 Å². The van der Waals surface area contributed by atoms with Crippen molar-refractivity contribution in [3.05, 3.63) is 12.2 Å². The van der Waals surface area contributed by atoms with Crippen LogP contribution in [0, 0.1) is 17.3 Å². The van der Waals surface area contributed by atoms with Crippen molar-refractivity contribution >= 4 is 5.97 Å². The molecular weight excluding hydrogens is 188 g/mol. The Labute approximate surface area is 91.7 Å². The Hall–Kier alpha value is -0.790. The highest BCUT2D eigenvalue weighted by Crippen LogP contribution is 2.56. The van der Waals surface area contributed by atoms with Gasteiger partial charge in [0.25, 0.3) is 0 Å². The molecule has 3 unspecified atom stereocenters. The van der Waals surface area contributed by atoms with Crippen molar-refractivity contribution in [3.63, 3.8) is 0 Å². The van der Waals surface area contributed by atoms with Crippen LogP contribution in [0.15, 0.2) is 12.2 Å². The Morgan fingerprint density at radius 3 is 2.53 bits per heavy atom. The lowest BCUT2D eigenvalue weighted by Crippen LogP contribution is -2.34. The highest BCUT2D eigenvalue weighted by molar-refractivity contribution is 5.87. The Bertz CT molecular complexity index is 304. The second-order valence-electron chi connectivity index (χ2n) is 5.86. The minimum Gasteiger partial charge on any atom is -0.459 e. The maximum absolute atomic E-state index is 11.5. The number of hydrogen-bond acceptors (Lipinski definition) is 2. The second kappa shape index (κ2) is 3.36. The zero-order chi connectivity index (χ0) is 11.2. The molecule has 0 heterocycles. The van der Waals surface area contributed by atoms with Crippen LogP contribution in [0.2, 0.25) is 0 Å². The van der Waals surface area contributed by atoms with Crippen molar-refractivity contribution < 1.29 is 9.53 Å². The quantitative estimate of drug-likeness (QED) is 0.515. The van der Waals surface area contributed by atoms with Crippen molar-refractivity contribution in [1.29, 1.82) is 0 Å². The average Bonchev–Trinajstić information content (AvgIpc) is 2.58. The van der Waals surface area contributed by atoms with Gasteiger partial charge in [0.15, 0.2) is 0 Å². The first-order chi connectivity index (χ1) is 6.90. The number of fused-ring (bicyclic) bond motifs is 2. The van der Waals surface area contributed by atoms with Gasteiger partial charge in [0.05, 0.1) is 0 Å². The Kier molecular flexibility index (Phi) is 2.40. The SMILES string of the molecule is C=C(C)C(=O)OC1CC2CC1C(C)(C)C2. The Balaban J connectivity index is 2.02. The van der Waals surface area contributed by atoms with Gasteiger partial charge in [-0.3, -0.25) is 0 Å². The largest absolute Gasteiger partial charge is 0.459 e. The topological polar surface area (TPSA) is 26.3 Å². The molecule has 2 aliphatic rings. The first-order valence-corrected chi connectivity index (χ1v) is 5.76. The molecule has 3 atom stereocenters. The molecule has 0 N–H and O–H groups in total. The van der Waals surface area contributed by atoms with Gasteiger partial charge in [-0.05, 0) is 37.5 Å². The fraction of sp³-hybridized carbons (Fsp3) is 0.769. The van der Waals surface area contributed by atoms with Crippen molar-refractivity contribution in [3.8, 4) is 0 Å². The predicted molar refractivity (Wildman–Crippen MR) is 59.3 cm³/mol. The van der Waals surface area contributed by atoms with Crippen molar-refractivity contribution in [2.24, 2.45) is 17.3 Å². The van der Waals surface area contributed by atoms with Crippen LogP contribution in [0.3, 0.4) is 0 Å². The molecule has 2 nitrogen and oxygen atoms in total. The number of hydrogen-bond donors (Lipinski definition) is 0. The van der Waals surface area contributed by atoms with Gasteiger partial charge in [0.1, 0.15) is 6.10 Å². The summed E-state index contributed by atoms with van der Waals surface area (Å²) in [5.41, 5.74) is 0.860. The predicted octanol–water partition coefficient (Wildman–Crippen LogP) is 2.93. The number of carbonyl (C=O) groups is 1. The summed E-state index contributed by atoms with van der Waals surface area (Å²) < 4.78 is 5.50. The van der Waals surface area contributed by atoms with Crippen molar-refractivity contribution in [2.45, 2.75) is 46.1 Å². The summed E-state index contributed by atoms with van der Waals surface area (Å²) in [5, 5.41) is 0. The second-order valence-corrected chi connectivity index (χ2v) is 5.86. The van der Waals surface area contributed by atoms with E-state index in [4.69, 9.17) is 4.74 Å². The Morgan fingerprint density at radius 1 is 1.40 bits per heavy atom. The maximum Gasteiger partial charge on any atom is 0.333 e. The first kappa shape index (κ1) is 10.7. The summed E-state index contributed by atoms with van der Waals surface area (Å²) in [6.45, 7) is 9.91. The molecule has 0 radical (unpaired) electrons. The van der Waals surface area contributed by atoms with E-state index in [1.807, 2.05) is 0 Å². The monoisotopic (exact) mass is 208 g/mol. The van der Waals surface area contributed by atoms with Crippen LogP contribution in [0.4, 0.5) is 0 Å². The number of esters is 1. The van der Waals surface area contributed by atoms with Crippen LogP contribution in [-0.4, -0.2) is 12.1 Å². The molecule has 15 heavy (non-hydrogen) atoms. The summed E-state index contributed by atoms with van der Waals surface area (Å²) in [4.78, 5) is 11.5. The summed E-state index contributed by atoms with van der Waals surface area (Å²) in [6, 6.07) is 0. The molecule has 2 bridgehead atoms. The summed E-state index contributed by atoms with van der Waals surface area (Å²) in [7, 11) is 0. The molecule has 84 valence electrons. The molecule has 0 amide bonds. The standard InChI is InChI=1S/C13H20O2/c1-8(2)12(14)15-11-6-9-5-10(11)13(3,4)7-9/h9-11H,1,5-7H2,2-4H3. The smallest absolute Gasteiger partial charge is 0.333 e. The summed E-state index contributed by atoms with van der Waals surface area (Å²) >= 11 is 0. The highest BCUT2D eigenvalue weighted by atomic mass is 16.5. The molecule has 2 heteroatoms. The minimum absolute atomic E-state index is 0.142. The van der Waals surface area contributed by atoms with E-state index >= 15 is 0 Å². The minimum atomic E-state index is -0.219. The van der Waals surface area contributed by atoms with Crippen LogP contribution in [-0.2, 0) is 9.53 Å². The molecule has 0 aromatic rings. The van der Waals surface area contributed by atoms with Crippen molar-refractivity contribution in [2.75, 3.05) is 0 Å². The third-order valence-corrected chi connectivity index (χ3v) is 4.03. The van der Waals surface area contributed by atoms with Gasteiger partial charge in [-0.25, -0.2) is 4.79 Å². The molecular formula is C13H20O2. The third kappa shape index (κ3) is 1.82. The molecule has 0 aliphatic heterocycles. The number of rotatable bonds is 2. The van der Waals surface area contributed by atoms with Crippen molar-refractivity contribution in [1.82, 2.24) is 0 Å². The van der Waals surface area contributed by atoms with Crippen LogP contribution in [0.5, 0.6) is 0 Å². The highest BCUT2D eigenvalue weighted by Gasteiger charge is 2.52.